The third-order valence-corrected chi connectivity index (χ3v) is 6.70. The van der Waals surface area contributed by atoms with Gasteiger partial charge in [-0.15, -0.1) is 0 Å². The summed E-state index contributed by atoms with van der Waals surface area (Å²) in [6.45, 7) is 0.465. The first-order valence-electron chi connectivity index (χ1n) is 12.5. The molecule has 4 aromatic carbocycles. The monoisotopic (exact) mass is 538 g/mol. The van der Waals surface area contributed by atoms with Crippen LogP contribution in [0.5, 0.6) is 5.75 Å². The van der Waals surface area contributed by atoms with Crippen LogP contribution in [0.2, 0.25) is 5.02 Å². The Hall–Kier alpha value is -4.55. The lowest BCUT2D eigenvalue weighted by Crippen LogP contribution is -2.43. The Morgan fingerprint density at radius 2 is 1.56 bits per heavy atom. The Morgan fingerprint density at radius 3 is 2.28 bits per heavy atom. The van der Waals surface area contributed by atoms with Crippen LogP contribution in [-0.2, 0) is 22.6 Å². The fourth-order valence-electron chi connectivity index (χ4n) is 4.35. The van der Waals surface area contributed by atoms with Crippen LogP contribution in [0.3, 0.4) is 0 Å². The number of esters is 1. The molecule has 1 amide bonds. The number of rotatable bonds is 9. The van der Waals surface area contributed by atoms with Gasteiger partial charge in [0.1, 0.15) is 24.1 Å². The van der Waals surface area contributed by atoms with Gasteiger partial charge in [0.15, 0.2) is 0 Å². The molecule has 0 spiro atoms. The van der Waals surface area contributed by atoms with Crippen LogP contribution < -0.4 is 10.1 Å². The predicted octanol–water partition coefficient (Wildman–Crippen LogP) is 6.58. The summed E-state index contributed by atoms with van der Waals surface area (Å²) in [4.78, 5) is 28.8. The van der Waals surface area contributed by atoms with E-state index in [-0.39, 0.29) is 6.42 Å². The van der Waals surface area contributed by atoms with Crippen LogP contribution in [0, 0.1) is 0 Å². The topological polar surface area (TPSA) is 80.4 Å². The lowest BCUT2D eigenvalue weighted by molar-refractivity contribution is -0.142. The Kier molecular flexibility index (Phi) is 7.94. The highest BCUT2D eigenvalue weighted by atomic mass is 35.5. The molecule has 0 aliphatic rings. The van der Waals surface area contributed by atoms with Gasteiger partial charge in [-0.3, -0.25) is 4.79 Å². The number of amides is 1. The number of carbonyl (C=O) groups excluding carboxylic acids is 2. The largest absolute Gasteiger partial charge is 0.489 e. The number of hydrogen-bond donors (Lipinski definition) is 2. The maximum atomic E-state index is 13.1. The number of benzene rings is 4. The molecule has 5 aromatic rings. The molecule has 1 unspecified atom stereocenters. The van der Waals surface area contributed by atoms with E-state index in [1.807, 2.05) is 97.1 Å². The molecule has 7 heteroatoms. The maximum Gasteiger partial charge on any atom is 0.328 e. The summed E-state index contributed by atoms with van der Waals surface area (Å²) in [5.41, 5.74) is 5.15. The van der Waals surface area contributed by atoms with Crippen LogP contribution >= 0.6 is 11.6 Å². The molecular formula is C32H27ClN2O4. The number of aromatic nitrogens is 1. The summed E-state index contributed by atoms with van der Waals surface area (Å²) in [6, 6.07) is 31.8. The average Bonchev–Trinajstić information content (AvgIpc) is 3.41. The van der Waals surface area contributed by atoms with Crippen molar-refractivity contribution < 1.29 is 19.1 Å². The zero-order valence-electron chi connectivity index (χ0n) is 21.3. The van der Waals surface area contributed by atoms with E-state index in [0.29, 0.717) is 17.3 Å². The second kappa shape index (κ2) is 11.9. The zero-order chi connectivity index (χ0) is 27.2. The van der Waals surface area contributed by atoms with Gasteiger partial charge in [-0.1, -0.05) is 72.3 Å². The molecule has 0 saturated carbocycles. The van der Waals surface area contributed by atoms with Gasteiger partial charge in [-0.05, 0) is 64.7 Å². The third-order valence-electron chi connectivity index (χ3n) is 6.45. The molecule has 1 aromatic heterocycles. The van der Waals surface area contributed by atoms with E-state index >= 15 is 0 Å². The van der Waals surface area contributed by atoms with Crippen LogP contribution in [0.1, 0.15) is 21.6 Å². The summed E-state index contributed by atoms with van der Waals surface area (Å²) in [7, 11) is 1.31. The van der Waals surface area contributed by atoms with Gasteiger partial charge in [-0.2, -0.15) is 0 Å². The molecule has 196 valence electrons. The molecule has 6 nitrogen and oxygen atoms in total. The number of carbonyl (C=O) groups is 2. The van der Waals surface area contributed by atoms with Gasteiger partial charge in [0.25, 0.3) is 5.91 Å². The van der Waals surface area contributed by atoms with Gasteiger partial charge in [-0.25, -0.2) is 4.79 Å². The molecule has 1 atom stereocenters. The lowest BCUT2D eigenvalue weighted by Gasteiger charge is -2.16. The average molecular weight is 539 g/mol. The zero-order valence-corrected chi connectivity index (χ0v) is 22.1. The molecule has 5 rings (SSSR count). The summed E-state index contributed by atoms with van der Waals surface area (Å²) < 4.78 is 10.8. The quantitative estimate of drug-likeness (QED) is 0.208. The number of aromatic amines is 1. The number of methoxy groups -OCH3 is 1. The van der Waals surface area contributed by atoms with Crippen LogP contribution in [0.25, 0.3) is 22.0 Å². The number of nitrogens with one attached hydrogen (secondary N) is 2. The molecule has 0 aliphatic carbocycles. The fraction of sp³-hybridized carbons (Fsp3) is 0.125. The van der Waals surface area contributed by atoms with Crippen LogP contribution in [0.15, 0.2) is 103 Å². The molecule has 0 radical (unpaired) electrons. The van der Waals surface area contributed by atoms with Gasteiger partial charge in [0.2, 0.25) is 0 Å². The highest BCUT2D eigenvalue weighted by Crippen LogP contribution is 2.26. The summed E-state index contributed by atoms with van der Waals surface area (Å²) in [6.07, 6.45) is 0.276. The fourth-order valence-corrected chi connectivity index (χ4v) is 4.47. The molecule has 1 heterocycles. The van der Waals surface area contributed by atoms with Crippen molar-refractivity contribution in [3.8, 4) is 16.9 Å². The minimum Gasteiger partial charge on any atom is -0.489 e. The molecule has 0 bridgehead atoms. The van der Waals surface area contributed by atoms with E-state index in [1.165, 1.54) is 7.11 Å². The Bertz CT molecular complexity index is 1580. The number of H-pyrrole nitrogens is 1. The molecule has 0 saturated heterocycles. The Labute approximate surface area is 231 Å². The third kappa shape index (κ3) is 6.48. The van der Waals surface area contributed by atoms with Gasteiger partial charge in [0.05, 0.1) is 7.11 Å². The van der Waals surface area contributed by atoms with Crippen molar-refractivity contribution in [2.45, 2.75) is 19.1 Å². The Balaban J connectivity index is 1.26. The van der Waals surface area contributed by atoms with Crippen LogP contribution in [-0.4, -0.2) is 30.0 Å². The maximum absolute atomic E-state index is 13.1. The number of halogens is 1. The molecule has 0 fully saturated rings. The SMILES string of the molecule is COC(=O)C(Cc1ccc(OCc2ccccc2)cc1)NC(=O)c1cc2cc(-c3ccc(Cl)cc3)ccc2[nH]1. The predicted molar refractivity (Wildman–Crippen MR) is 153 cm³/mol. The van der Waals surface area contributed by atoms with E-state index in [9.17, 15) is 9.59 Å². The minimum absolute atomic E-state index is 0.276. The first-order valence-corrected chi connectivity index (χ1v) is 12.9. The van der Waals surface area contributed by atoms with Crippen molar-refractivity contribution in [2.75, 3.05) is 7.11 Å². The van der Waals surface area contributed by atoms with Crippen molar-refractivity contribution in [3.05, 3.63) is 125 Å². The molecule has 39 heavy (non-hydrogen) atoms. The highest BCUT2D eigenvalue weighted by Gasteiger charge is 2.23. The molecule has 0 aliphatic heterocycles. The van der Waals surface area contributed by atoms with Crippen molar-refractivity contribution in [1.29, 1.82) is 0 Å². The second-order valence-corrected chi connectivity index (χ2v) is 9.60. The smallest absolute Gasteiger partial charge is 0.328 e. The van der Waals surface area contributed by atoms with Gasteiger partial charge in [0, 0.05) is 22.3 Å². The van der Waals surface area contributed by atoms with Crippen molar-refractivity contribution in [2.24, 2.45) is 0 Å². The Morgan fingerprint density at radius 1 is 0.846 bits per heavy atom. The van der Waals surface area contributed by atoms with Crippen molar-refractivity contribution in [1.82, 2.24) is 10.3 Å². The minimum atomic E-state index is -0.852. The molecular weight excluding hydrogens is 512 g/mol. The number of ether oxygens (including phenoxy) is 2. The van der Waals surface area contributed by atoms with E-state index < -0.39 is 17.9 Å². The van der Waals surface area contributed by atoms with Crippen LogP contribution in [0.4, 0.5) is 0 Å². The van der Waals surface area contributed by atoms with E-state index in [0.717, 1.165) is 38.9 Å². The summed E-state index contributed by atoms with van der Waals surface area (Å²) in [5, 5.41) is 4.37. The normalized spacial score (nSPS) is 11.6. The lowest BCUT2D eigenvalue weighted by atomic mass is 10.0. The standard InChI is InChI=1S/C32H27ClN2O4/c1-38-32(37)30(17-21-7-14-27(15-8-21)39-20-22-5-3-2-4-6-22)35-31(36)29-19-25-18-24(11-16-28(25)34-29)23-9-12-26(33)13-10-23/h2-16,18-19,30,34H,17,20H2,1H3,(H,35,36). The first kappa shape index (κ1) is 26.1. The first-order chi connectivity index (χ1) is 19.0. The second-order valence-electron chi connectivity index (χ2n) is 9.16. The summed E-state index contributed by atoms with van der Waals surface area (Å²) in [5.74, 6) is -0.191. The van der Waals surface area contributed by atoms with E-state index in [4.69, 9.17) is 21.1 Å². The van der Waals surface area contributed by atoms with Gasteiger partial charge < -0.3 is 19.8 Å². The highest BCUT2D eigenvalue weighted by molar-refractivity contribution is 6.30. The van der Waals surface area contributed by atoms with Crippen molar-refractivity contribution in [3.63, 3.8) is 0 Å². The van der Waals surface area contributed by atoms with E-state index in [1.54, 1.807) is 6.07 Å². The summed E-state index contributed by atoms with van der Waals surface area (Å²) >= 11 is 6.01. The van der Waals surface area contributed by atoms with Crippen molar-refractivity contribution >= 4 is 34.4 Å². The van der Waals surface area contributed by atoms with E-state index in [2.05, 4.69) is 10.3 Å². The number of fused-ring (bicyclic) bond motifs is 1. The number of hydrogen-bond acceptors (Lipinski definition) is 4. The molecule has 2 N–H and O–H groups in total. The van der Waals surface area contributed by atoms with Gasteiger partial charge >= 0.3 is 5.97 Å².